The first kappa shape index (κ1) is 16.1. The van der Waals surface area contributed by atoms with Crippen LogP contribution in [0.3, 0.4) is 0 Å². The number of hydrogen-bond acceptors (Lipinski definition) is 2. The zero-order valence-corrected chi connectivity index (χ0v) is 12.3. The van der Waals surface area contributed by atoms with Gasteiger partial charge in [-0.1, -0.05) is 36.4 Å². The number of rotatable bonds is 5. The van der Waals surface area contributed by atoms with E-state index in [9.17, 15) is 13.6 Å². The van der Waals surface area contributed by atoms with Crippen molar-refractivity contribution in [2.45, 2.75) is 19.5 Å². The lowest BCUT2D eigenvalue weighted by molar-refractivity contribution is -0.133. The van der Waals surface area contributed by atoms with Crippen molar-refractivity contribution < 1.29 is 13.6 Å². The first-order chi connectivity index (χ1) is 10.5. The summed E-state index contributed by atoms with van der Waals surface area (Å²) in [6, 6.07) is 11.7. The third-order valence-electron chi connectivity index (χ3n) is 3.53. The molecule has 0 fully saturated rings. The molecule has 2 aromatic rings. The fourth-order valence-electron chi connectivity index (χ4n) is 2.22. The van der Waals surface area contributed by atoms with Gasteiger partial charge in [0.15, 0.2) is 0 Å². The third kappa shape index (κ3) is 3.49. The van der Waals surface area contributed by atoms with Gasteiger partial charge in [-0.2, -0.15) is 0 Å². The number of halogens is 2. The Morgan fingerprint density at radius 3 is 2.23 bits per heavy atom. The van der Waals surface area contributed by atoms with Crippen molar-refractivity contribution in [2.75, 3.05) is 6.54 Å². The number of carbonyl (C=O) groups excluding carboxylic acids is 1. The van der Waals surface area contributed by atoms with Crippen LogP contribution in [0.4, 0.5) is 8.78 Å². The summed E-state index contributed by atoms with van der Waals surface area (Å²) >= 11 is 0. The van der Waals surface area contributed by atoms with Gasteiger partial charge in [-0.15, -0.1) is 0 Å². The van der Waals surface area contributed by atoms with E-state index in [2.05, 4.69) is 0 Å². The number of likely N-dealkylation sites (N-methyl/N-ethyl adjacent to an activating group) is 1. The van der Waals surface area contributed by atoms with Gasteiger partial charge in [0.25, 0.3) is 0 Å². The first-order valence-electron chi connectivity index (χ1n) is 7.06. The molecule has 0 bridgehead atoms. The van der Waals surface area contributed by atoms with Crippen LogP contribution in [0.2, 0.25) is 0 Å². The van der Waals surface area contributed by atoms with Crippen LogP contribution in [-0.2, 0) is 11.3 Å². The second kappa shape index (κ2) is 7.13. The Balaban J connectivity index is 2.19. The van der Waals surface area contributed by atoms with E-state index in [1.54, 1.807) is 31.2 Å². The van der Waals surface area contributed by atoms with Gasteiger partial charge in [-0.3, -0.25) is 4.79 Å². The van der Waals surface area contributed by atoms with E-state index >= 15 is 0 Å². The molecule has 0 aromatic heterocycles. The van der Waals surface area contributed by atoms with Gasteiger partial charge in [0, 0.05) is 12.1 Å². The second-order valence-corrected chi connectivity index (χ2v) is 4.94. The average molecular weight is 304 g/mol. The van der Waals surface area contributed by atoms with Crippen LogP contribution < -0.4 is 5.73 Å². The van der Waals surface area contributed by atoms with E-state index in [1.807, 2.05) is 6.07 Å². The standard InChI is InChI=1S/C17H18F2N2O/c1-2-21(11-13-14(18)9-6-10-15(13)19)17(22)16(20)12-7-4-3-5-8-12/h3-10,16H,2,11,20H2,1H3/t16-/m0/s1. The molecule has 0 aliphatic rings. The highest BCUT2D eigenvalue weighted by Crippen LogP contribution is 2.18. The summed E-state index contributed by atoms with van der Waals surface area (Å²) in [7, 11) is 0. The minimum Gasteiger partial charge on any atom is -0.337 e. The van der Waals surface area contributed by atoms with Gasteiger partial charge in [0.05, 0.1) is 6.54 Å². The van der Waals surface area contributed by atoms with Crippen molar-refractivity contribution in [3.05, 3.63) is 71.3 Å². The lowest BCUT2D eigenvalue weighted by Gasteiger charge is -2.25. The number of amides is 1. The highest BCUT2D eigenvalue weighted by atomic mass is 19.1. The molecule has 0 heterocycles. The third-order valence-corrected chi connectivity index (χ3v) is 3.53. The maximum absolute atomic E-state index is 13.7. The molecular formula is C17H18F2N2O. The molecule has 0 aliphatic heterocycles. The first-order valence-corrected chi connectivity index (χ1v) is 7.06. The van der Waals surface area contributed by atoms with Gasteiger partial charge in [0.2, 0.25) is 5.91 Å². The van der Waals surface area contributed by atoms with Crippen LogP contribution in [0.1, 0.15) is 24.1 Å². The quantitative estimate of drug-likeness (QED) is 0.923. The molecule has 116 valence electrons. The Morgan fingerprint density at radius 1 is 1.09 bits per heavy atom. The van der Waals surface area contributed by atoms with Crippen LogP contribution in [0.25, 0.3) is 0 Å². The Labute approximate surface area is 128 Å². The average Bonchev–Trinajstić information content (AvgIpc) is 2.54. The van der Waals surface area contributed by atoms with Crippen LogP contribution in [-0.4, -0.2) is 17.4 Å². The fraction of sp³-hybridized carbons (Fsp3) is 0.235. The molecular weight excluding hydrogens is 286 g/mol. The number of nitrogens with two attached hydrogens (primary N) is 1. The van der Waals surface area contributed by atoms with Gasteiger partial charge < -0.3 is 10.6 Å². The molecule has 22 heavy (non-hydrogen) atoms. The van der Waals surface area contributed by atoms with Crippen LogP contribution in [0.5, 0.6) is 0 Å². The molecule has 0 aliphatic carbocycles. The SMILES string of the molecule is CCN(Cc1c(F)cccc1F)C(=O)[C@@H](N)c1ccccc1. The normalized spacial score (nSPS) is 12.0. The van der Waals surface area contributed by atoms with Gasteiger partial charge >= 0.3 is 0 Å². The molecule has 0 spiro atoms. The van der Waals surface area contributed by atoms with Crippen LogP contribution >= 0.6 is 0 Å². The van der Waals surface area contributed by atoms with Crippen molar-refractivity contribution in [1.82, 2.24) is 4.90 Å². The molecule has 2 aromatic carbocycles. The Kier molecular flexibility index (Phi) is 5.22. The summed E-state index contributed by atoms with van der Waals surface area (Å²) in [5.74, 6) is -1.70. The minimum absolute atomic E-state index is 0.127. The molecule has 2 rings (SSSR count). The maximum Gasteiger partial charge on any atom is 0.244 e. The lowest BCUT2D eigenvalue weighted by atomic mass is 10.1. The minimum atomic E-state index is -0.851. The summed E-state index contributed by atoms with van der Waals surface area (Å²) in [5, 5.41) is 0. The molecule has 5 heteroatoms. The molecule has 1 atom stereocenters. The van der Waals surface area contributed by atoms with Gasteiger partial charge in [-0.05, 0) is 24.6 Å². The number of nitrogens with zero attached hydrogens (tertiary/aromatic N) is 1. The van der Waals surface area contributed by atoms with Crippen LogP contribution in [0.15, 0.2) is 48.5 Å². The number of carbonyl (C=O) groups is 1. The van der Waals surface area contributed by atoms with Crippen LogP contribution in [0, 0.1) is 11.6 Å². The molecule has 0 radical (unpaired) electrons. The molecule has 3 nitrogen and oxygen atoms in total. The molecule has 0 saturated heterocycles. The summed E-state index contributed by atoms with van der Waals surface area (Å²) in [4.78, 5) is 13.8. The number of hydrogen-bond donors (Lipinski definition) is 1. The van der Waals surface area contributed by atoms with Crippen molar-refractivity contribution in [1.29, 1.82) is 0 Å². The van der Waals surface area contributed by atoms with Crippen molar-refractivity contribution in [3.63, 3.8) is 0 Å². The molecule has 0 unspecified atom stereocenters. The van der Waals surface area contributed by atoms with E-state index in [0.717, 1.165) is 0 Å². The Hall–Kier alpha value is -2.27. The fourth-order valence-corrected chi connectivity index (χ4v) is 2.22. The predicted octanol–water partition coefficient (Wildman–Crippen LogP) is 3.01. The van der Waals surface area contributed by atoms with E-state index in [0.29, 0.717) is 12.1 Å². The highest BCUT2D eigenvalue weighted by molar-refractivity contribution is 5.83. The zero-order chi connectivity index (χ0) is 16.1. The summed E-state index contributed by atoms with van der Waals surface area (Å²) < 4.78 is 27.5. The monoisotopic (exact) mass is 304 g/mol. The molecule has 0 saturated carbocycles. The van der Waals surface area contributed by atoms with Crippen molar-refractivity contribution in [2.24, 2.45) is 5.73 Å². The maximum atomic E-state index is 13.7. The largest absolute Gasteiger partial charge is 0.337 e. The summed E-state index contributed by atoms with van der Waals surface area (Å²) in [6.07, 6.45) is 0. The van der Waals surface area contributed by atoms with E-state index in [-0.39, 0.29) is 18.0 Å². The van der Waals surface area contributed by atoms with Gasteiger partial charge in [-0.25, -0.2) is 8.78 Å². The molecule has 2 N–H and O–H groups in total. The number of benzene rings is 2. The smallest absolute Gasteiger partial charge is 0.244 e. The van der Waals surface area contributed by atoms with E-state index in [1.165, 1.54) is 23.1 Å². The zero-order valence-electron chi connectivity index (χ0n) is 12.3. The van der Waals surface area contributed by atoms with Gasteiger partial charge in [0.1, 0.15) is 17.7 Å². The Morgan fingerprint density at radius 2 is 1.68 bits per heavy atom. The van der Waals surface area contributed by atoms with Crippen molar-refractivity contribution >= 4 is 5.91 Å². The topological polar surface area (TPSA) is 46.3 Å². The van der Waals surface area contributed by atoms with Crippen molar-refractivity contribution in [3.8, 4) is 0 Å². The predicted molar refractivity (Wildman–Crippen MR) is 80.8 cm³/mol. The summed E-state index contributed by atoms with van der Waals surface area (Å²) in [5.41, 5.74) is 6.51. The Bertz CT molecular complexity index is 626. The summed E-state index contributed by atoms with van der Waals surface area (Å²) in [6.45, 7) is 1.91. The molecule has 1 amide bonds. The van der Waals surface area contributed by atoms with E-state index in [4.69, 9.17) is 5.73 Å². The lowest BCUT2D eigenvalue weighted by Crippen LogP contribution is -2.38. The second-order valence-electron chi connectivity index (χ2n) is 4.94. The highest BCUT2D eigenvalue weighted by Gasteiger charge is 2.23. The van der Waals surface area contributed by atoms with E-state index < -0.39 is 17.7 Å².